The zero-order valence-corrected chi connectivity index (χ0v) is 54.8. The number of amides is 5. The topological polar surface area (TPSA) is 347 Å². The summed E-state index contributed by atoms with van der Waals surface area (Å²) in [5.74, 6) is 3.77. The molecule has 0 bridgehead atoms. The summed E-state index contributed by atoms with van der Waals surface area (Å²) < 4.78 is 28.0. The maximum Gasteiger partial charge on any atom is 0.329 e. The molecule has 12 rings (SSSR count). The van der Waals surface area contributed by atoms with Crippen molar-refractivity contribution in [2.45, 2.75) is 83.1 Å². The van der Waals surface area contributed by atoms with E-state index in [4.69, 9.17) is 18.9 Å². The molecule has 7 aromatic heterocycles. The molecule has 0 spiro atoms. The molecule has 5 amide bonds. The van der Waals surface area contributed by atoms with Crippen molar-refractivity contribution in [3.05, 3.63) is 183 Å². The molecule has 27 heteroatoms. The number of pyridine rings is 4. The van der Waals surface area contributed by atoms with E-state index in [0.717, 1.165) is 5.56 Å². The van der Waals surface area contributed by atoms with Gasteiger partial charge in [-0.3, -0.25) is 42.7 Å². The molecule has 0 fully saturated rings. The number of H-pyrrole nitrogens is 3. The summed E-state index contributed by atoms with van der Waals surface area (Å²) in [6.45, 7) is 16.5. The molecule has 1 unspecified atom stereocenters. The van der Waals surface area contributed by atoms with Gasteiger partial charge in [0.2, 0.25) is 29.5 Å². The van der Waals surface area contributed by atoms with Gasteiger partial charge in [0.1, 0.15) is 51.1 Å². The van der Waals surface area contributed by atoms with Crippen LogP contribution in [0.5, 0.6) is 46.0 Å². The Bertz CT molecular complexity index is 4880. The number of aryl methyl sites for hydroxylation is 3. The van der Waals surface area contributed by atoms with Crippen LogP contribution in [0.2, 0.25) is 0 Å². The summed E-state index contributed by atoms with van der Waals surface area (Å²) >= 11 is 0. The highest BCUT2D eigenvalue weighted by Gasteiger charge is 2.31. The van der Waals surface area contributed by atoms with E-state index in [2.05, 4.69) is 61.5 Å². The minimum absolute atomic E-state index is 0. The molecule has 1 aliphatic heterocycles. The summed E-state index contributed by atoms with van der Waals surface area (Å²) in [6.07, 6.45) is 6.32. The van der Waals surface area contributed by atoms with Gasteiger partial charge in [-0.25, -0.2) is 34.3 Å². The fourth-order valence-corrected chi connectivity index (χ4v) is 9.28. The molecule has 98 heavy (non-hydrogen) atoms. The van der Waals surface area contributed by atoms with Crippen LogP contribution < -0.4 is 62.6 Å². The van der Waals surface area contributed by atoms with Gasteiger partial charge in [0.15, 0.2) is 34.2 Å². The minimum Gasteiger partial charge on any atom is -0.457 e. The highest BCUT2D eigenvalue weighted by molar-refractivity contribution is 6.02. The first-order valence-corrected chi connectivity index (χ1v) is 30.6. The lowest BCUT2D eigenvalue weighted by atomic mass is 10.0. The maximum absolute atomic E-state index is 12.1. The van der Waals surface area contributed by atoms with E-state index in [1.165, 1.54) is 13.7 Å². The number of fused-ring (bicyclic) bond motifs is 4. The van der Waals surface area contributed by atoms with Gasteiger partial charge >= 0.3 is 17.1 Å². The molecule has 1 atom stereocenters. The predicted molar refractivity (Wildman–Crippen MR) is 379 cm³/mol. The zero-order chi connectivity index (χ0) is 69.1. The maximum atomic E-state index is 12.1. The second-order valence-corrected chi connectivity index (χ2v) is 23.4. The van der Waals surface area contributed by atoms with Crippen molar-refractivity contribution in [3.8, 4) is 46.0 Å². The number of benzene rings is 4. The fraction of sp³-hybridized carbons (Fsp3) is 0.268. The van der Waals surface area contributed by atoms with Gasteiger partial charge in [0.05, 0.1) is 5.92 Å². The number of rotatable bonds is 16. The van der Waals surface area contributed by atoms with E-state index in [0.29, 0.717) is 108 Å². The van der Waals surface area contributed by atoms with Crippen molar-refractivity contribution < 1.29 is 42.9 Å². The van der Waals surface area contributed by atoms with Crippen molar-refractivity contribution in [1.82, 2.24) is 48.6 Å². The zero-order valence-electron chi connectivity index (χ0n) is 54.8. The number of anilines is 5. The van der Waals surface area contributed by atoms with Gasteiger partial charge in [-0.05, 0) is 61.5 Å². The molecule has 8 N–H and O–H groups in total. The number of imidazole rings is 3. The van der Waals surface area contributed by atoms with Crippen LogP contribution in [-0.2, 0) is 45.1 Å². The highest BCUT2D eigenvalue weighted by atomic mass is 16.5. The van der Waals surface area contributed by atoms with Crippen LogP contribution in [0.4, 0.5) is 28.6 Å². The van der Waals surface area contributed by atoms with Crippen molar-refractivity contribution in [2.24, 2.45) is 44.8 Å². The normalized spacial score (nSPS) is 12.0. The molecule has 4 aromatic carbocycles. The second kappa shape index (κ2) is 32.3. The Kier molecular flexibility index (Phi) is 24.2. The summed E-state index contributed by atoms with van der Waals surface area (Å²) in [7, 11) is 4.99. The SMILES string of the molecule is C.C.CC(C)C(=O)Nc1cccc(Oc2ccnc3[nH]c(=O)[nH]c23)c1.CC(C)C(=O)Nc1cccc(Oc2ccnc3c2C(C)C(=O)N3)c1.CC(C)C(=O)Nc1cccc(Oc2ccnc3c2[nH]c(=O)n3C)c1.CC(C)C(=O)Nc1cccc(Oc2ccnc3c2n(C)c(=O)n3C)c1. The van der Waals surface area contributed by atoms with Gasteiger partial charge in [-0.2, -0.15) is 0 Å². The molecule has 0 aliphatic carbocycles. The van der Waals surface area contributed by atoms with E-state index in [1.807, 2.05) is 62.3 Å². The summed E-state index contributed by atoms with van der Waals surface area (Å²) in [6, 6.07) is 35.2. The third-order valence-electron chi connectivity index (χ3n) is 14.7. The first kappa shape index (κ1) is 73.3. The average Bonchev–Trinajstić information content (AvgIpc) is 1.62. The third kappa shape index (κ3) is 17.8. The lowest BCUT2D eigenvalue weighted by Crippen LogP contribution is -2.19. The lowest BCUT2D eigenvalue weighted by Gasteiger charge is -2.13. The molecule has 0 radical (unpaired) electrons. The predicted octanol–water partition coefficient (Wildman–Crippen LogP) is 12.7. The number of ether oxygens (including phenoxy) is 4. The largest absolute Gasteiger partial charge is 0.457 e. The quantitative estimate of drug-likeness (QED) is 0.0445. The Labute approximate surface area is 564 Å². The van der Waals surface area contributed by atoms with E-state index in [1.54, 1.807) is 167 Å². The van der Waals surface area contributed by atoms with Crippen LogP contribution in [0, 0.1) is 23.7 Å². The number of aromatic nitrogens is 10. The van der Waals surface area contributed by atoms with E-state index >= 15 is 0 Å². The number of nitrogens with one attached hydrogen (secondary N) is 8. The van der Waals surface area contributed by atoms with Gasteiger partial charge in [0.25, 0.3) is 0 Å². The average molecular weight is 1340 g/mol. The molecular formula is C71H81N15O12. The van der Waals surface area contributed by atoms with Crippen LogP contribution in [0.1, 0.15) is 88.6 Å². The van der Waals surface area contributed by atoms with Crippen molar-refractivity contribution in [3.63, 3.8) is 0 Å². The first-order valence-electron chi connectivity index (χ1n) is 30.6. The summed E-state index contributed by atoms with van der Waals surface area (Å²) in [5, 5.41) is 14.1. The Balaban J connectivity index is 0.000000183. The lowest BCUT2D eigenvalue weighted by molar-refractivity contribution is -0.119. The van der Waals surface area contributed by atoms with E-state index in [9.17, 15) is 38.4 Å². The van der Waals surface area contributed by atoms with Gasteiger partial charge in [-0.15, -0.1) is 0 Å². The van der Waals surface area contributed by atoms with Crippen molar-refractivity contribution >= 4 is 91.6 Å². The van der Waals surface area contributed by atoms with Crippen LogP contribution in [0.3, 0.4) is 0 Å². The fourth-order valence-electron chi connectivity index (χ4n) is 9.28. The molecule has 11 aromatic rings. The number of nitrogens with zero attached hydrogens (tertiary/aromatic N) is 7. The smallest absolute Gasteiger partial charge is 0.329 e. The number of carbonyl (C=O) groups excluding carboxylic acids is 5. The Morgan fingerprint density at radius 1 is 0.449 bits per heavy atom. The summed E-state index contributed by atoms with van der Waals surface area (Å²) in [5.41, 5.74) is 5.73. The van der Waals surface area contributed by atoms with Crippen LogP contribution in [0.25, 0.3) is 33.5 Å². The van der Waals surface area contributed by atoms with Gasteiger partial charge in [-0.1, -0.05) is 94.5 Å². The number of hydrogen-bond donors (Lipinski definition) is 8. The molecule has 0 saturated carbocycles. The third-order valence-corrected chi connectivity index (χ3v) is 14.7. The standard InChI is InChI=1S/C18H20N4O3.C18H19N3O3.C17H18N4O3.C16H16N4O3.2CH4/c1-11(2)17(23)20-12-6-5-7-13(10-12)25-14-8-9-19-16-15(14)21(3)18(24)22(16)4;1-10(2)17(22)20-12-5-4-6-13(9-12)24-14-7-8-19-16-15(14)11(3)18(23)21-16;1-10(2)16(22)19-11-5-4-6-12(9-11)24-13-7-8-18-15-14(13)20-17(23)21(15)3;1-9(2)15(21)18-10-4-3-5-11(8-10)23-12-6-7-17-14-13(12)19-16(22)20-14;;/h5-11H,1-4H3,(H,20,23);4-11H,1-3H3,(H,20,22)(H,19,21,23);4-10H,1-3H3,(H,19,22)(H,20,23);3-9H,1-2H3,(H,18,21)(H2,17,19,20,22);2*1H4. The molecule has 1 aliphatic rings. The Hall–Kier alpha value is -12.2. The van der Waals surface area contributed by atoms with Crippen LogP contribution in [-0.4, -0.2) is 78.1 Å². The number of hydrogen-bond acceptors (Lipinski definition) is 16. The Morgan fingerprint density at radius 3 is 1.30 bits per heavy atom. The molecule has 0 saturated heterocycles. The first-order chi connectivity index (χ1) is 45.8. The Morgan fingerprint density at radius 2 is 0.837 bits per heavy atom. The number of aromatic amines is 3. The van der Waals surface area contributed by atoms with Crippen molar-refractivity contribution in [2.75, 3.05) is 26.6 Å². The van der Waals surface area contributed by atoms with Crippen LogP contribution in [0.15, 0.2) is 160 Å². The minimum atomic E-state index is -0.346. The molecule has 8 heterocycles. The number of carbonyl (C=O) groups is 5. The molecule has 27 nitrogen and oxygen atoms in total. The van der Waals surface area contributed by atoms with Gasteiger partial charge in [0, 0.05) is 140 Å². The molecular weight excluding hydrogens is 1250 g/mol. The molecule has 512 valence electrons. The van der Waals surface area contributed by atoms with Crippen LogP contribution >= 0.6 is 0 Å². The van der Waals surface area contributed by atoms with Gasteiger partial charge < -0.3 is 55.5 Å². The monoisotopic (exact) mass is 1340 g/mol. The second-order valence-electron chi connectivity index (χ2n) is 23.4. The van der Waals surface area contributed by atoms with E-state index < -0.39 is 0 Å². The van der Waals surface area contributed by atoms with E-state index in [-0.39, 0.29) is 91.0 Å². The van der Waals surface area contributed by atoms with Crippen molar-refractivity contribution in [1.29, 1.82) is 0 Å². The summed E-state index contributed by atoms with van der Waals surface area (Å²) in [4.78, 5) is 119. The highest BCUT2D eigenvalue weighted by Crippen LogP contribution is 2.40.